The highest BCUT2D eigenvalue weighted by Gasteiger charge is 2.16. The van der Waals surface area contributed by atoms with Crippen molar-refractivity contribution >= 4 is 5.91 Å². The lowest BCUT2D eigenvalue weighted by Gasteiger charge is -2.17. The van der Waals surface area contributed by atoms with Gasteiger partial charge in [-0.1, -0.05) is 0 Å². The van der Waals surface area contributed by atoms with Gasteiger partial charge >= 0.3 is 0 Å². The van der Waals surface area contributed by atoms with Gasteiger partial charge in [-0.2, -0.15) is 0 Å². The van der Waals surface area contributed by atoms with Gasteiger partial charge in [0, 0.05) is 13.6 Å². The summed E-state index contributed by atoms with van der Waals surface area (Å²) < 4.78 is 26.3. The minimum atomic E-state index is -0.697. The molecule has 0 atom stereocenters. The molecule has 1 amide bonds. The van der Waals surface area contributed by atoms with Crippen molar-refractivity contribution in [1.29, 1.82) is 0 Å². The monoisotopic (exact) mass is 242 g/mol. The van der Waals surface area contributed by atoms with Crippen LogP contribution in [0.2, 0.25) is 0 Å². The molecule has 0 heterocycles. The normalized spacial score (nSPS) is 10.4. The van der Waals surface area contributed by atoms with Gasteiger partial charge in [-0.3, -0.25) is 4.79 Å². The summed E-state index contributed by atoms with van der Waals surface area (Å²) in [6.07, 6.45) is 0.760. The third kappa shape index (κ3) is 3.78. The third-order valence-corrected chi connectivity index (χ3v) is 2.43. The Kier molecular flexibility index (Phi) is 5.03. The summed E-state index contributed by atoms with van der Waals surface area (Å²) in [6, 6.07) is 2.88. The van der Waals surface area contributed by atoms with Gasteiger partial charge in [-0.25, -0.2) is 8.78 Å². The Labute approximate surface area is 99.4 Å². The number of hydrogen-bond acceptors (Lipinski definition) is 2. The van der Waals surface area contributed by atoms with Crippen LogP contribution in [-0.2, 0) is 0 Å². The molecule has 17 heavy (non-hydrogen) atoms. The van der Waals surface area contributed by atoms with Gasteiger partial charge in [0.2, 0.25) is 0 Å². The Morgan fingerprint density at radius 3 is 2.76 bits per heavy atom. The van der Waals surface area contributed by atoms with Gasteiger partial charge < -0.3 is 10.2 Å². The Morgan fingerprint density at radius 2 is 2.12 bits per heavy atom. The first-order valence-corrected chi connectivity index (χ1v) is 5.41. The molecule has 0 radical (unpaired) electrons. The molecular weight excluding hydrogens is 226 g/mol. The van der Waals surface area contributed by atoms with E-state index >= 15 is 0 Å². The van der Waals surface area contributed by atoms with Gasteiger partial charge in [0.05, 0.1) is 5.56 Å². The maximum atomic E-state index is 13.3. The zero-order valence-electron chi connectivity index (χ0n) is 9.96. The number of hydrogen-bond donors (Lipinski definition) is 1. The second-order valence-electron chi connectivity index (χ2n) is 3.81. The van der Waals surface area contributed by atoms with Crippen molar-refractivity contribution in [1.82, 2.24) is 10.2 Å². The molecule has 0 fully saturated rings. The predicted molar refractivity (Wildman–Crippen MR) is 61.9 cm³/mol. The molecule has 94 valence electrons. The second kappa shape index (κ2) is 6.30. The third-order valence-electron chi connectivity index (χ3n) is 2.43. The van der Waals surface area contributed by atoms with Gasteiger partial charge in [-0.15, -0.1) is 0 Å². The van der Waals surface area contributed by atoms with Crippen LogP contribution in [0.3, 0.4) is 0 Å². The standard InChI is InChI=1S/C12H16F2N2O/c1-15-6-3-7-16(2)12(17)10-8-9(13)4-5-11(10)14/h4-5,8,15H,3,6-7H2,1-2H3. The molecule has 0 unspecified atom stereocenters. The van der Waals surface area contributed by atoms with Crippen LogP contribution in [0, 0.1) is 11.6 Å². The SMILES string of the molecule is CNCCCN(C)C(=O)c1cc(F)ccc1F. The summed E-state index contributed by atoms with van der Waals surface area (Å²) in [6.45, 7) is 1.26. The first kappa shape index (κ1) is 13.6. The number of halogens is 2. The molecule has 0 aliphatic heterocycles. The summed E-state index contributed by atoms with van der Waals surface area (Å²) in [4.78, 5) is 13.2. The van der Waals surface area contributed by atoms with Crippen molar-refractivity contribution in [3.05, 3.63) is 35.4 Å². The van der Waals surface area contributed by atoms with Crippen molar-refractivity contribution in [2.45, 2.75) is 6.42 Å². The quantitative estimate of drug-likeness (QED) is 0.796. The largest absolute Gasteiger partial charge is 0.342 e. The second-order valence-corrected chi connectivity index (χ2v) is 3.81. The van der Waals surface area contributed by atoms with E-state index in [4.69, 9.17) is 0 Å². The Bertz CT molecular complexity index is 396. The molecule has 0 aliphatic rings. The van der Waals surface area contributed by atoms with Crippen LogP contribution in [0.15, 0.2) is 18.2 Å². The minimum Gasteiger partial charge on any atom is -0.342 e. The zero-order valence-corrected chi connectivity index (χ0v) is 9.96. The number of amides is 1. The van der Waals surface area contributed by atoms with Crippen LogP contribution in [0.1, 0.15) is 16.8 Å². The maximum absolute atomic E-state index is 13.3. The van der Waals surface area contributed by atoms with Crippen LogP contribution < -0.4 is 5.32 Å². The summed E-state index contributed by atoms with van der Waals surface area (Å²) in [5, 5.41) is 2.95. The molecule has 1 aromatic rings. The number of nitrogens with zero attached hydrogens (tertiary/aromatic N) is 1. The molecule has 0 saturated heterocycles. The number of rotatable bonds is 5. The molecule has 0 spiro atoms. The van der Waals surface area contributed by atoms with Crippen molar-refractivity contribution in [3.63, 3.8) is 0 Å². The molecule has 3 nitrogen and oxygen atoms in total. The average Bonchev–Trinajstić information content (AvgIpc) is 2.31. The van der Waals surface area contributed by atoms with Crippen LogP contribution >= 0.6 is 0 Å². The lowest BCUT2D eigenvalue weighted by atomic mass is 10.2. The minimum absolute atomic E-state index is 0.225. The lowest BCUT2D eigenvalue weighted by Crippen LogP contribution is -2.30. The van der Waals surface area contributed by atoms with E-state index in [0.717, 1.165) is 31.2 Å². The molecule has 1 rings (SSSR count). The average molecular weight is 242 g/mol. The summed E-state index contributed by atoms with van der Waals surface area (Å²) in [5.41, 5.74) is -0.225. The van der Waals surface area contributed by atoms with Gasteiger partial charge in [0.1, 0.15) is 11.6 Å². The number of nitrogens with one attached hydrogen (secondary N) is 1. The molecule has 5 heteroatoms. The topological polar surface area (TPSA) is 32.3 Å². The van der Waals surface area contributed by atoms with E-state index in [2.05, 4.69) is 5.32 Å². The molecular formula is C12H16F2N2O. The summed E-state index contributed by atoms with van der Waals surface area (Å²) in [5.74, 6) is -1.81. The maximum Gasteiger partial charge on any atom is 0.256 e. The highest BCUT2D eigenvalue weighted by Crippen LogP contribution is 2.11. The molecule has 1 aromatic carbocycles. The summed E-state index contributed by atoms with van der Waals surface area (Å²) >= 11 is 0. The van der Waals surface area contributed by atoms with Crippen LogP contribution in [0.25, 0.3) is 0 Å². The van der Waals surface area contributed by atoms with Gasteiger partial charge in [-0.05, 0) is 38.2 Å². The smallest absolute Gasteiger partial charge is 0.256 e. The van der Waals surface area contributed by atoms with E-state index in [-0.39, 0.29) is 5.56 Å². The van der Waals surface area contributed by atoms with Gasteiger partial charge in [0.15, 0.2) is 0 Å². The van der Waals surface area contributed by atoms with Crippen LogP contribution in [0.5, 0.6) is 0 Å². The Morgan fingerprint density at radius 1 is 1.41 bits per heavy atom. The highest BCUT2D eigenvalue weighted by molar-refractivity contribution is 5.94. The summed E-state index contributed by atoms with van der Waals surface area (Å²) in [7, 11) is 3.39. The fourth-order valence-electron chi connectivity index (χ4n) is 1.46. The van der Waals surface area contributed by atoms with Gasteiger partial charge in [0.25, 0.3) is 5.91 Å². The van der Waals surface area contributed by atoms with Crippen LogP contribution in [0.4, 0.5) is 8.78 Å². The Hall–Kier alpha value is -1.49. The fraction of sp³-hybridized carbons (Fsp3) is 0.417. The first-order valence-electron chi connectivity index (χ1n) is 5.41. The highest BCUT2D eigenvalue weighted by atomic mass is 19.1. The number of carbonyl (C=O) groups excluding carboxylic acids is 1. The van der Waals surface area contributed by atoms with E-state index in [1.807, 2.05) is 7.05 Å². The molecule has 0 aromatic heterocycles. The van der Waals surface area contributed by atoms with E-state index < -0.39 is 17.5 Å². The van der Waals surface area contributed by atoms with Crippen molar-refractivity contribution in [2.24, 2.45) is 0 Å². The van der Waals surface area contributed by atoms with E-state index in [0.29, 0.717) is 6.54 Å². The fourth-order valence-corrected chi connectivity index (χ4v) is 1.46. The zero-order chi connectivity index (χ0) is 12.8. The van der Waals surface area contributed by atoms with Crippen molar-refractivity contribution in [3.8, 4) is 0 Å². The van der Waals surface area contributed by atoms with Crippen molar-refractivity contribution < 1.29 is 13.6 Å². The number of benzene rings is 1. The van der Waals surface area contributed by atoms with Crippen molar-refractivity contribution in [2.75, 3.05) is 27.2 Å². The molecule has 0 bridgehead atoms. The van der Waals surface area contributed by atoms with E-state index in [1.165, 1.54) is 4.90 Å². The molecule has 1 N–H and O–H groups in total. The Balaban J connectivity index is 2.71. The lowest BCUT2D eigenvalue weighted by molar-refractivity contribution is 0.0788. The molecule has 0 saturated carbocycles. The predicted octanol–water partition coefficient (Wildman–Crippen LogP) is 1.65. The van der Waals surface area contributed by atoms with E-state index in [9.17, 15) is 13.6 Å². The van der Waals surface area contributed by atoms with Crippen LogP contribution in [-0.4, -0.2) is 38.0 Å². The van der Waals surface area contributed by atoms with E-state index in [1.54, 1.807) is 7.05 Å². The molecule has 0 aliphatic carbocycles. The number of carbonyl (C=O) groups is 1. The first-order chi connectivity index (χ1) is 8.06.